The van der Waals surface area contributed by atoms with Crippen LogP contribution in [0.2, 0.25) is 0 Å². The molecule has 0 rings (SSSR count). The van der Waals surface area contributed by atoms with Gasteiger partial charge in [-0.25, -0.2) is 0 Å². The molecule has 0 spiro atoms. The summed E-state index contributed by atoms with van der Waals surface area (Å²) in [5, 5.41) is 0. The summed E-state index contributed by atoms with van der Waals surface area (Å²) in [7, 11) is -2.87. The fraction of sp³-hybridized carbons (Fsp3) is 0. The molecule has 0 atom stereocenters. The summed E-state index contributed by atoms with van der Waals surface area (Å²) in [6.45, 7) is 0. The predicted octanol–water partition coefficient (Wildman–Crippen LogP) is -0.752. The molecule has 5 heavy (non-hydrogen) atoms. The van der Waals surface area contributed by atoms with Gasteiger partial charge in [-0.3, -0.25) is 0 Å². The average molecular weight is 87.9 g/mol. The van der Waals surface area contributed by atoms with Crippen molar-refractivity contribution < 1.29 is 14.4 Å². The minimum absolute atomic E-state index is 0. The fourth-order valence-corrected chi connectivity index (χ4v) is 0. The number of hydrogen-bond acceptors (Lipinski definition) is 1. The molecule has 1 radical (unpaired) electrons. The molecule has 3 nitrogen and oxygen atoms in total. The van der Waals surface area contributed by atoms with E-state index in [4.69, 9.17) is 14.4 Å². The zero-order chi connectivity index (χ0) is 3.58. The number of hydrogen-bond donors (Lipinski definition) is 2. The molecule has 0 aliphatic carbocycles. The van der Waals surface area contributed by atoms with Gasteiger partial charge in [0.05, 0.1) is 0 Å². The van der Waals surface area contributed by atoms with E-state index in [0.29, 0.717) is 0 Å². The van der Waals surface area contributed by atoms with Crippen LogP contribution in [0.1, 0.15) is 0 Å². The minimum Gasteiger partial charge on any atom is -0.134 e. The van der Waals surface area contributed by atoms with Crippen molar-refractivity contribution in [2.45, 2.75) is 0 Å². The molecule has 0 aromatic rings. The van der Waals surface area contributed by atoms with Crippen molar-refractivity contribution in [3.63, 3.8) is 0 Å². The Morgan fingerprint density at radius 2 is 1.40 bits per heavy atom. The van der Waals surface area contributed by atoms with Crippen LogP contribution in [-0.2, 0) is 4.57 Å². The molecule has 0 amide bonds. The predicted molar refractivity (Wildman–Crippen MR) is 17.8 cm³/mol. The van der Waals surface area contributed by atoms with E-state index in [1.54, 1.807) is 0 Å². The Balaban J connectivity index is 0. The van der Waals surface area contributed by atoms with E-state index in [9.17, 15) is 0 Å². The van der Waals surface area contributed by atoms with Gasteiger partial charge >= 0.3 is 8.25 Å². The molecule has 0 aliphatic heterocycles. The van der Waals surface area contributed by atoms with Gasteiger partial charge in [0.2, 0.25) is 0 Å². The van der Waals surface area contributed by atoms with Gasteiger partial charge in [0.25, 0.3) is 0 Å². The second kappa shape index (κ2) is 4.62. The first kappa shape index (κ1) is 9.15. The molecule has 0 aromatic carbocycles. The molecule has 0 bridgehead atoms. The molecular weight excluding hydrogens is 85.9 g/mol. The van der Waals surface area contributed by atoms with Crippen LogP contribution < -0.4 is 0 Å². The molecule has 0 unspecified atom stereocenters. The van der Waals surface area contributed by atoms with E-state index >= 15 is 0 Å². The molecule has 5 heteroatoms. The van der Waals surface area contributed by atoms with Crippen LogP contribution in [0.5, 0.6) is 0 Å². The summed E-state index contributed by atoms with van der Waals surface area (Å²) < 4.78 is 8.70. The van der Waals surface area contributed by atoms with Crippen LogP contribution in [0.15, 0.2) is 0 Å². The maximum absolute atomic E-state index is 8.70. The standard InChI is InChI=1S/Li.HO3P/c;1-4(2)3/h;(H-,1,2,3)/p+1. The smallest absolute Gasteiger partial charge is 0.134 e. The molecule has 25 valence electrons. The van der Waals surface area contributed by atoms with E-state index in [2.05, 4.69) is 0 Å². The van der Waals surface area contributed by atoms with Crippen LogP contribution in [0.25, 0.3) is 0 Å². The van der Waals surface area contributed by atoms with E-state index in [-0.39, 0.29) is 18.9 Å². The second-order valence-corrected chi connectivity index (χ2v) is 0.758. The zero-order valence-electron chi connectivity index (χ0n) is 2.75. The molecule has 2 N–H and O–H groups in total. The zero-order valence-corrected chi connectivity index (χ0v) is 3.64. The minimum atomic E-state index is -2.87. The van der Waals surface area contributed by atoms with Gasteiger partial charge in [0.1, 0.15) is 0 Å². The normalized spacial score (nSPS) is 5.20. The van der Waals surface area contributed by atoms with E-state index in [1.807, 2.05) is 0 Å². The molecule has 0 fully saturated rings. The van der Waals surface area contributed by atoms with Crippen molar-refractivity contribution in [2.75, 3.05) is 0 Å². The fourth-order valence-electron chi connectivity index (χ4n) is 0. The van der Waals surface area contributed by atoms with Crippen molar-refractivity contribution in [1.82, 2.24) is 0 Å². The number of rotatable bonds is 0. The third-order valence-electron chi connectivity index (χ3n) is 0. The Kier molecular flexibility index (Phi) is 8.45. The van der Waals surface area contributed by atoms with Crippen LogP contribution >= 0.6 is 8.25 Å². The van der Waals surface area contributed by atoms with Gasteiger partial charge in [-0.05, 0) is 0 Å². The summed E-state index contributed by atoms with van der Waals surface area (Å²) in [6.07, 6.45) is 0. The molecule has 0 aliphatic rings. The largest absolute Gasteiger partial charge is 0.692 e. The Labute approximate surface area is 42.1 Å². The van der Waals surface area contributed by atoms with Crippen LogP contribution in [-0.4, -0.2) is 28.6 Å². The third-order valence-corrected chi connectivity index (χ3v) is 0. The summed E-state index contributed by atoms with van der Waals surface area (Å²) in [6, 6.07) is 0. The van der Waals surface area contributed by atoms with Gasteiger partial charge in [-0.1, -0.05) is 0 Å². The van der Waals surface area contributed by atoms with E-state index < -0.39 is 8.25 Å². The summed E-state index contributed by atoms with van der Waals surface area (Å²) >= 11 is 0. The topological polar surface area (TPSA) is 57.5 Å². The first-order chi connectivity index (χ1) is 1.73. The summed E-state index contributed by atoms with van der Waals surface area (Å²) in [5.41, 5.74) is 0. The quantitative estimate of drug-likeness (QED) is 0.302. The Hall–Kier alpha value is 0.617. The van der Waals surface area contributed by atoms with Crippen molar-refractivity contribution in [1.29, 1.82) is 0 Å². The van der Waals surface area contributed by atoms with Crippen molar-refractivity contribution in [2.24, 2.45) is 0 Å². The van der Waals surface area contributed by atoms with Crippen LogP contribution in [0.3, 0.4) is 0 Å². The van der Waals surface area contributed by atoms with Gasteiger partial charge in [-0.15, -0.1) is 9.79 Å². The first-order valence-corrected chi connectivity index (χ1v) is 1.75. The van der Waals surface area contributed by atoms with E-state index in [0.717, 1.165) is 0 Å². The summed E-state index contributed by atoms with van der Waals surface area (Å²) in [4.78, 5) is 14.2. The molecule has 0 aromatic heterocycles. The van der Waals surface area contributed by atoms with Gasteiger partial charge in [0, 0.05) is 23.4 Å². The molecule has 0 heterocycles. The third kappa shape index (κ3) is 83.0. The molecule has 0 saturated carbocycles. The van der Waals surface area contributed by atoms with Crippen molar-refractivity contribution >= 4 is 27.1 Å². The SMILES string of the molecule is O=[P+](O)O.[Li]. The second-order valence-electron chi connectivity index (χ2n) is 0.253. The van der Waals surface area contributed by atoms with Gasteiger partial charge < -0.3 is 0 Å². The first-order valence-electron chi connectivity index (χ1n) is 0.583. The van der Waals surface area contributed by atoms with Crippen molar-refractivity contribution in [3.8, 4) is 0 Å². The molecular formula is H2LiO3P+. The van der Waals surface area contributed by atoms with Gasteiger partial charge in [-0.2, -0.15) is 0 Å². The summed E-state index contributed by atoms with van der Waals surface area (Å²) in [5.74, 6) is 0. The van der Waals surface area contributed by atoms with Gasteiger partial charge in [0.15, 0.2) is 0 Å². The van der Waals surface area contributed by atoms with E-state index in [1.165, 1.54) is 0 Å². The maximum Gasteiger partial charge on any atom is 0.692 e. The Bertz CT molecular complexity index is 29.9. The Morgan fingerprint density at radius 3 is 1.40 bits per heavy atom. The monoisotopic (exact) mass is 88.0 g/mol. The average Bonchev–Trinajstić information content (AvgIpc) is 0.811. The van der Waals surface area contributed by atoms with Crippen LogP contribution in [0, 0.1) is 0 Å². The van der Waals surface area contributed by atoms with Crippen molar-refractivity contribution in [3.05, 3.63) is 0 Å². The maximum atomic E-state index is 8.70. The Morgan fingerprint density at radius 1 is 1.40 bits per heavy atom. The van der Waals surface area contributed by atoms with Crippen LogP contribution in [0.4, 0.5) is 0 Å². The molecule has 0 saturated heterocycles.